The summed E-state index contributed by atoms with van der Waals surface area (Å²) < 4.78 is 5.81. The van der Waals surface area contributed by atoms with Crippen LogP contribution in [-0.4, -0.2) is 19.0 Å². The van der Waals surface area contributed by atoms with Gasteiger partial charge in [0, 0.05) is 5.69 Å². The first kappa shape index (κ1) is 19.0. The van der Waals surface area contributed by atoms with Crippen LogP contribution in [0.25, 0.3) is 0 Å². The highest BCUT2D eigenvalue weighted by atomic mass is 16.5. The molecule has 2 rings (SSSR count). The summed E-state index contributed by atoms with van der Waals surface area (Å²) in [6.45, 7) is 5.38. The fraction of sp³-hybridized carbons (Fsp3) is 0.381. The highest BCUT2D eigenvalue weighted by Crippen LogP contribution is 2.25. The molecule has 4 nitrogen and oxygen atoms in total. The summed E-state index contributed by atoms with van der Waals surface area (Å²) in [6, 6.07) is 15.3. The standard InChI is InChI=1S/C21H28N2O2/c1-3-4-5-9-14-22-16-21(24)23-20-13-12-19(15-17(20)2)25-18-10-7-6-8-11-18/h6-8,10-13,15,22H,3-5,9,14,16H2,1-2H3,(H,23,24). The second kappa shape index (κ2) is 10.5. The van der Waals surface area contributed by atoms with Crippen LogP contribution >= 0.6 is 0 Å². The summed E-state index contributed by atoms with van der Waals surface area (Å²) in [5.74, 6) is 1.54. The minimum atomic E-state index is -0.0182. The summed E-state index contributed by atoms with van der Waals surface area (Å²) in [6.07, 6.45) is 4.81. The van der Waals surface area contributed by atoms with Crippen molar-refractivity contribution in [1.29, 1.82) is 0 Å². The molecule has 0 atom stereocenters. The molecule has 4 heteroatoms. The fourth-order valence-electron chi connectivity index (χ4n) is 2.54. The van der Waals surface area contributed by atoms with E-state index in [9.17, 15) is 4.79 Å². The van der Waals surface area contributed by atoms with Gasteiger partial charge in [-0.1, -0.05) is 44.4 Å². The molecule has 0 bridgehead atoms. The summed E-state index contributed by atoms with van der Waals surface area (Å²) in [5, 5.41) is 6.14. The molecular formula is C21H28N2O2. The first-order chi connectivity index (χ1) is 12.2. The Morgan fingerprint density at radius 3 is 2.52 bits per heavy atom. The van der Waals surface area contributed by atoms with Crippen molar-refractivity contribution in [3.8, 4) is 11.5 Å². The monoisotopic (exact) mass is 340 g/mol. The number of anilines is 1. The van der Waals surface area contributed by atoms with Crippen molar-refractivity contribution in [2.45, 2.75) is 39.5 Å². The van der Waals surface area contributed by atoms with Gasteiger partial charge < -0.3 is 15.4 Å². The van der Waals surface area contributed by atoms with Gasteiger partial charge in [-0.3, -0.25) is 4.79 Å². The van der Waals surface area contributed by atoms with Crippen LogP contribution in [0.4, 0.5) is 5.69 Å². The molecule has 0 heterocycles. The molecule has 0 radical (unpaired) electrons. The predicted octanol–water partition coefficient (Wildman–Crippen LogP) is 4.90. The summed E-state index contributed by atoms with van der Waals surface area (Å²) in [5.41, 5.74) is 1.79. The maximum absolute atomic E-state index is 12.0. The van der Waals surface area contributed by atoms with Gasteiger partial charge in [0.15, 0.2) is 0 Å². The van der Waals surface area contributed by atoms with Crippen LogP contribution in [-0.2, 0) is 4.79 Å². The van der Waals surface area contributed by atoms with Crippen LogP contribution in [0.3, 0.4) is 0 Å². The lowest BCUT2D eigenvalue weighted by atomic mass is 10.2. The van der Waals surface area contributed by atoms with Crippen LogP contribution in [0, 0.1) is 6.92 Å². The third-order valence-electron chi connectivity index (χ3n) is 3.94. The van der Waals surface area contributed by atoms with Gasteiger partial charge in [-0.15, -0.1) is 0 Å². The molecule has 0 aliphatic rings. The van der Waals surface area contributed by atoms with E-state index in [4.69, 9.17) is 4.74 Å². The van der Waals surface area contributed by atoms with E-state index in [2.05, 4.69) is 17.6 Å². The number of benzene rings is 2. The molecule has 2 aromatic rings. The number of hydrogen-bond acceptors (Lipinski definition) is 3. The minimum Gasteiger partial charge on any atom is -0.457 e. The van der Waals surface area contributed by atoms with Crippen molar-refractivity contribution in [3.63, 3.8) is 0 Å². The van der Waals surface area contributed by atoms with Gasteiger partial charge >= 0.3 is 0 Å². The van der Waals surface area contributed by atoms with Gasteiger partial charge in [-0.05, 0) is 55.8 Å². The molecule has 134 valence electrons. The Kier molecular flexibility index (Phi) is 7.99. The molecule has 0 aliphatic carbocycles. The normalized spacial score (nSPS) is 10.5. The van der Waals surface area contributed by atoms with Crippen molar-refractivity contribution in [1.82, 2.24) is 5.32 Å². The predicted molar refractivity (Wildman–Crippen MR) is 103 cm³/mol. The number of carbonyl (C=O) groups is 1. The number of amides is 1. The molecule has 0 spiro atoms. The molecule has 0 saturated carbocycles. The Hall–Kier alpha value is -2.33. The van der Waals surface area contributed by atoms with Crippen LogP contribution in [0.15, 0.2) is 48.5 Å². The lowest BCUT2D eigenvalue weighted by Gasteiger charge is -2.11. The summed E-state index contributed by atoms with van der Waals surface area (Å²) in [7, 11) is 0. The van der Waals surface area contributed by atoms with E-state index in [-0.39, 0.29) is 5.91 Å². The minimum absolute atomic E-state index is 0.0182. The molecule has 2 N–H and O–H groups in total. The van der Waals surface area contributed by atoms with Crippen molar-refractivity contribution >= 4 is 11.6 Å². The largest absolute Gasteiger partial charge is 0.457 e. The third kappa shape index (κ3) is 6.98. The van der Waals surface area contributed by atoms with Crippen LogP contribution in [0.5, 0.6) is 11.5 Å². The smallest absolute Gasteiger partial charge is 0.238 e. The SMILES string of the molecule is CCCCCCNCC(=O)Nc1ccc(Oc2ccccc2)cc1C. The van der Waals surface area contributed by atoms with Gasteiger partial charge in [0.2, 0.25) is 5.91 Å². The summed E-state index contributed by atoms with van der Waals surface area (Å²) in [4.78, 5) is 12.0. The second-order valence-corrected chi connectivity index (χ2v) is 6.18. The number of aryl methyl sites for hydroxylation is 1. The van der Waals surface area contributed by atoms with Crippen LogP contribution < -0.4 is 15.4 Å². The van der Waals surface area contributed by atoms with E-state index >= 15 is 0 Å². The van der Waals surface area contributed by atoms with Crippen molar-refractivity contribution in [2.75, 3.05) is 18.4 Å². The Labute approximate surface area is 150 Å². The topological polar surface area (TPSA) is 50.4 Å². The molecule has 1 amide bonds. The van der Waals surface area contributed by atoms with E-state index in [1.807, 2.05) is 55.5 Å². The van der Waals surface area contributed by atoms with Crippen LogP contribution in [0.2, 0.25) is 0 Å². The average Bonchev–Trinajstić information content (AvgIpc) is 2.61. The molecule has 0 aromatic heterocycles. The number of carbonyl (C=O) groups excluding carboxylic acids is 1. The van der Waals surface area contributed by atoms with E-state index in [1.165, 1.54) is 19.3 Å². The number of hydrogen-bond donors (Lipinski definition) is 2. The van der Waals surface area contributed by atoms with Crippen molar-refractivity contribution in [3.05, 3.63) is 54.1 Å². The molecule has 2 aromatic carbocycles. The lowest BCUT2D eigenvalue weighted by Crippen LogP contribution is -2.29. The zero-order valence-electron chi connectivity index (χ0n) is 15.2. The molecule has 0 aliphatic heterocycles. The Morgan fingerprint density at radius 2 is 1.80 bits per heavy atom. The van der Waals surface area contributed by atoms with Crippen molar-refractivity contribution in [2.24, 2.45) is 0 Å². The molecule has 0 fully saturated rings. The number of para-hydroxylation sites is 1. The fourth-order valence-corrected chi connectivity index (χ4v) is 2.54. The van der Waals surface area contributed by atoms with Gasteiger partial charge in [-0.2, -0.15) is 0 Å². The Bertz CT molecular complexity index is 656. The Morgan fingerprint density at radius 1 is 1.00 bits per heavy atom. The number of rotatable bonds is 10. The number of ether oxygens (including phenoxy) is 1. The maximum Gasteiger partial charge on any atom is 0.238 e. The molecule has 0 unspecified atom stereocenters. The van der Waals surface area contributed by atoms with E-state index in [1.54, 1.807) is 0 Å². The first-order valence-corrected chi connectivity index (χ1v) is 9.03. The summed E-state index contributed by atoms with van der Waals surface area (Å²) >= 11 is 0. The van der Waals surface area contributed by atoms with E-state index in [0.29, 0.717) is 6.54 Å². The zero-order chi connectivity index (χ0) is 17.9. The third-order valence-corrected chi connectivity index (χ3v) is 3.94. The van der Waals surface area contributed by atoms with E-state index in [0.717, 1.165) is 35.7 Å². The Balaban J connectivity index is 1.79. The second-order valence-electron chi connectivity index (χ2n) is 6.18. The maximum atomic E-state index is 12.0. The number of unbranched alkanes of at least 4 members (excludes halogenated alkanes) is 3. The van der Waals surface area contributed by atoms with Crippen LogP contribution in [0.1, 0.15) is 38.2 Å². The van der Waals surface area contributed by atoms with E-state index < -0.39 is 0 Å². The molecular weight excluding hydrogens is 312 g/mol. The van der Waals surface area contributed by atoms with Gasteiger partial charge in [0.05, 0.1) is 6.54 Å². The zero-order valence-corrected chi connectivity index (χ0v) is 15.2. The number of nitrogens with one attached hydrogen (secondary N) is 2. The van der Waals surface area contributed by atoms with Gasteiger partial charge in [-0.25, -0.2) is 0 Å². The first-order valence-electron chi connectivity index (χ1n) is 9.03. The quantitative estimate of drug-likeness (QED) is 0.605. The lowest BCUT2D eigenvalue weighted by molar-refractivity contribution is -0.115. The molecule has 0 saturated heterocycles. The molecule has 25 heavy (non-hydrogen) atoms. The highest BCUT2D eigenvalue weighted by Gasteiger charge is 2.06. The van der Waals surface area contributed by atoms with Gasteiger partial charge in [0.25, 0.3) is 0 Å². The average molecular weight is 340 g/mol. The van der Waals surface area contributed by atoms with Gasteiger partial charge in [0.1, 0.15) is 11.5 Å². The highest BCUT2D eigenvalue weighted by molar-refractivity contribution is 5.93. The van der Waals surface area contributed by atoms with Crippen molar-refractivity contribution < 1.29 is 9.53 Å².